The monoisotopic (exact) mass is 288 g/mol. The molecule has 0 aliphatic carbocycles. The first-order valence-electron chi connectivity index (χ1n) is 6.62. The van der Waals surface area contributed by atoms with Gasteiger partial charge in [-0.15, -0.1) is 0 Å². The highest BCUT2D eigenvalue weighted by atomic mass is 19.1. The molecule has 4 heteroatoms. The van der Waals surface area contributed by atoms with E-state index in [2.05, 4.69) is 0 Å². The molecule has 0 unspecified atom stereocenters. The fraction of sp³-hybridized carbons (Fsp3) is 0.235. The number of carbonyl (C=O) groups is 1. The van der Waals surface area contributed by atoms with Crippen molar-refractivity contribution in [1.29, 1.82) is 0 Å². The lowest BCUT2D eigenvalue weighted by Crippen LogP contribution is -1.98. The van der Waals surface area contributed by atoms with E-state index in [1.165, 1.54) is 13.2 Å². The smallest absolute Gasteiger partial charge is 0.165 e. The fourth-order valence-corrected chi connectivity index (χ4v) is 1.96. The second kappa shape index (κ2) is 6.88. The lowest BCUT2D eigenvalue weighted by Gasteiger charge is -2.08. The standard InChI is InChI=1S/C17H17FO3/c1-12(19)9-13-3-6-15(7-4-13)21-11-14-5-8-17(20-2)16(18)10-14/h3-8,10H,9,11H2,1-2H3. The number of ether oxygens (including phenoxy) is 2. The number of halogens is 1. The fourth-order valence-electron chi connectivity index (χ4n) is 1.96. The van der Waals surface area contributed by atoms with Crippen LogP contribution in [-0.2, 0) is 17.8 Å². The maximum Gasteiger partial charge on any atom is 0.165 e. The Hall–Kier alpha value is -2.36. The van der Waals surface area contributed by atoms with Crippen molar-refractivity contribution in [2.24, 2.45) is 0 Å². The van der Waals surface area contributed by atoms with Crippen molar-refractivity contribution in [3.8, 4) is 11.5 Å². The lowest BCUT2D eigenvalue weighted by molar-refractivity contribution is -0.116. The minimum absolute atomic E-state index is 0.123. The second-order valence-corrected chi connectivity index (χ2v) is 4.78. The molecule has 21 heavy (non-hydrogen) atoms. The molecule has 0 bridgehead atoms. The van der Waals surface area contributed by atoms with E-state index in [-0.39, 0.29) is 18.1 Å². The van der Waals surface area contributed by atoms with Crippen LogP contribution in [0.5, 0.6) is 11.5 Å². The number of hydrogen-bond donors (Lipinski definition) is 0. The van der Waals surface area contributed by atoms with Gasteiger partial charge in [0.25, 0.3) is 0 Å². The first-order chi connectivity index (χ1) is 10.1. The first-order valence-corrected chi connectivity index (χ1v) is 6.62. The van der Waals surface area contributed by atoms with Crippen molar-refractivity contribution in [2.75, 3.05) is 7.11 Å². The van der Waals surface area contributed by atoms with E-state index in [0.717, 1.165) is 11.1 Å². The Bertz CT molecular complexity index is 620. The van der Waals surface area contributed by atoms with Crippen LogP contribution in [0.3, 0.4) is 0 Å². The van der Waals surface area contributed by atoms with Crippen LogP contribution in [0.4, 0.5) is 4.39 Å². The Morgan fingerprint density at radius 3 is 2.33 bits per heavy atom. The molecule has 2 aromatic rings. The number of benzene rings is 2. The van der Waals surface area contributed by atoms with Crippen LogP contribution < -0.4 is 9.47 Å². The van der Waals surface area contributed by atoms with Gasteiger partial charge < -0.3 is 9.47 Å². The van der Waals surface area contributed by atoms with Crippen molar-refractivity contribution in [1.82, 2.24) is 0 Å². The summed E-state index contributed by atoms with van der Waals surface area (Å²) in [5.74, 6) is 0.610. The highest BCUT2D eigenvalue weighted by molar-refractivity contribution is 5.78. The summed E-state index contributed by atoms with van der Waals surface area (Å²) >= 11 is 0. The summed E-state index contributed by atoms with van der Waals surface area (Å²) in [6.07, 6.45) is 0.421. The largest absolute Gasteiger partial charge is 0.494 e. The predicted molar refractivity (Wildman–Crippen MR) is 78.1 cm³/mol. The number of rotatable bonds is 6. The third-order valence-corrected chi connectivity index (χ3v) is 3.00. The number of Topliss-reactive ketones (excluding diaryl/α,β-unsaturated/α-hetero) is 1. The van der Waals surface area contributed by atoms with E-state index in [0.29, 0.717) is 12.2 Å². The number of ketones is 1. The molecule has 0 saturated carbocycles. The normalized spacial score (nSPS) is 10.2. The minimum atomic E-state index is -0.407. The summed E-state index contributed by atoms with van der Waals surface area (Å²) in [5, 5.41) is 0. The van der Waals surface area contributed by atoms with Gasteiger partial charge in [-0.2, -0.15) is 0 Å². The van der Waals surface area contributed by atoms with E-state index in [4.69, 9.17) is 9.47 Å². The molecule has 0 N–H and O–H groups in total. The molecule has 0 amide bonds. The van der Waals surface area contributed by atoms with Crippen molar-refractivity contribution >= 4 is 5.78 Å². The van der Waals surface area contributed by atoms with Crippen molar-refractivity contribution in [2.45, 2.75) is 20.0 Å². The number of hydrogen-bond acceptors (Lipinski definition) is 3. The van der Waals surface area contributed by atoms with Crippen molar-refractivity contribution in [3.63, 3.8) is 0 Å². The number of carbonyl (C=O) groups excluding carboxylic acids is 1. The molecular formula is C17H17FO3. The van der Waals surface area contributed by atoms with Gasteiger partial charge in [-0.3, -0.25) is 4.79 Å². The van der Waals surface area contributed by atoms with Crippen LogP contribution in [0.1, 0.15) is 18.1 Å². The maximum atomic E-state index is 13.5. The van der Waals surface area contributed by atoms with Crippen LogP contribution in [0.15, 0.2) is 42.5 Å². The average molecular weight is 288 g/mol. The van der Waals surface area contributed by atoms with Gasteiger partial charge in [0.05, 0.1) is 7.11 Å². The van der Waals surface area contributed by atoms with Gasteiger partial charge in [-0.05, 0) is 42.3 Å². The van der Waals surface area contributed by atoms with Crippen molar-refractivity contribution in [3.05, 3.63) is 59.4 Å². The zero-order valence-electron chi connectivity index (χ0n) is 12.1. The zero-order valence-corrected chi connectivity index (χ0v) is 12.1. The third kappa shape index (κ3) is 4.31. The Balaban J connectivity index is 1.96. The topological polar surface area (TPSA) is 35.5 Å². The van der Waals surface area contributed by atoms with Gasteiger partial charge in [0.15, 0.2) is 11.6 Å². The Kier molecular flexibility index (Phi) is 4.93. The molecule has 2 rings (SSSR count). The molecule has 0 spiro atoms. The molecule has 0 saturated heterocycles. The van der Waals surface area contributed by atoms with E-state index in [1.807, 2.05) is 12.1 Å². The second-order valence-electron chi connectivity index (χ2n) is 4.78. The highest BCUT2D eigenvalue weighted by Gasteiger charge is 2.04. The number of methoxy groups -OCH3 is 1. The summed E-state index contributed by atoms with van der Waals surface area (Å²) in [7, 11) is 1.43. The molecular weight excluding hydrogens is 271 g/mol. The van der Waals surface area contributed by atoms with Crippen LogP contribution in [0.2, 0.25) is 0 Å². The SMILES string of the molecule is COc1ccc(COc2ccc(CC(C)=O)cc2)cc1F. The quantitative estimate of drug-likeness (QED) is 0.815. The molecule has 2 aromatic carbocycles. The van der Waals surface area contributed by atoms with E-state index in [9.17, 15) is 9.18 Å². The molecule has 0 aliphatic heterocycles. The molecule has 0 heterocycles. The highest BCUT2D eigenvalue weighted by Crippen LogP contribution is 2.19. The van der Waals surface area contributed by atoms with Crippen molar-refractivity contribution < 1.29 is 18.7 Å². The molecule has 0 aromatic heterocycles. The van der Waals surface area contributed by atoms with Crippen LogP contribution in [0.25, 0.3) is 0 Å². The molecule has 0 aliphatic rings. The molecule has 3 nitrogen and oxygen atoms in total. The summed E-state index contributed by atoms with van der Waals surface area (Å²) in [5.41, 5.74) is 1.67. The molecule has 0 atom stereocenters. The van der Waals surface area contributed by atoms with Crippen LogP contribution in [0, 0.1) is 5.82 Å². The third-order valence-electron chi connectivity index (χ3n) is 3.00. The zero-order chi connectivity index (χ0) is 15.2. The predicted octanol–water partition coefficient (Wildman–Crippen LogP) is 3.54. The van der Waals surface area contributed by atoms with Gasteiger partial charge >= 0.3 is 0 Å². The summed E-state index contributed by atoms with van der Waals surface area (Å²) < 4.78 is 24.0. The van der Waals surface area contributed by atoms with E-state index >= 15 is 0 Å². The van der Waals surface area contributed by atoms with Gasteiger partial charge in [-0.1, -0.05) is 18.2 Å². The van der Waals surface area contributed by atoms with Gasteiger partial charge in [0.1, 0.15) is 18.1 Å². The Morgan fingerprint density at radius 2 is 1.76 bits per heavy atom. The molecule has 0 fully saturated rings. The summed E-state index contributed by atoms with van der Waals surface area (Å²) in [4.78, 5) is 11.0. The van der Waals surface area contributed by atoms with Crippen LogP contribution >= 0.6 is 0 Å². The minimum Gasteiger partial charge on any atom is -0.494 e. The Morgan fingerprint density at radius 1 is 1.10 bits per heavy atom. The van der Waals surface area contributed by atoms with Gasteiger partial charge in [0, 0.05) is 6.42 Å². The molecule has 0 radical (unpaired) electrons. The van der Waals surface area contributed by atoms with E-state index in [1.54, 1.807) is 31.2 Å². The Labute approximate surface area is 123 Å². The maximum absolute atomic E-state index is 13.5. The van der Waals surface area contributed by atoms with Gasteiger partial charge in [0.2, 0.25) is 0 Å². The lowest BCUT2D eigenvalue weighted by atomic mass is 10.1. The average Bonchev–Trinajstić information content (AvgIpc) is 2.46. The summed E-state index contributed by atoms with van der Waals surface area (Å²) in [6, 6.07) is 12.0. The van der Waals surface area contributed by atoms with Crippen LogP contribution in [-0.4, -0.2) is 12.9 Å². The van der Waals surface area contributed by atoms with Gasteiger partial charge in [-0.25, -0.2) is 4.39 Å². The molecule has 110 valence electrons. The van der Waals surface area contributed by atoms with E-state index < -0.39 is 5.82 Å². The summed E-state index contributed by atoms with van der Waals surface area (Å²) in [6.45, 7) is 1.83. The first kappa shape index (κ1) is 15.0.